The molecule has 340 valence electrons. The van der Waals surface area contributed by atoms with Crippen LogP contribution in [0.2, 0.25) is 15.1 Å². The van der Waals surface area contributed by atoms with Crippen LogP contribution in [0.15, 0.2) is 79.1 Å². The quantitative estimate of drug-likeness (QED) is 0.0248. The Morgan fingerprint density at radius 2 is 1.08 bits per heavy atom. The summed E-state index contributed by atoms with van der Waals surface area (Å²) in [6.45, 7) is 1.41. The summed E-state index contributed by atoms with van der Waals surface area (Å²) in [4.78, 5) is 16.2. The maximum atomic E-state index is 11.2. The first kappa shape index (κ1) is 52.4. The van der Waals surface area contributed by atoms with Crippen molar-refractivity contribution in [1.29, 1.82) is 0 Å². The number of aromatic nitrogens is 3. The zero-order valence-electron chi connectivity index (χ0n) is 32.9. The molecule has 3 atom stereocenters. The van der Waals surface area contributed by atoms with Crippen LogP contribution in [-0.2, 0) is 25.8 Å². The lowest BCUT2D eigenvalue weighted by Crippen LogP contribution is -2.55. The van der Waals surface area contributed by atoms with Crippen LogP contribution in [0.4, 0.5) is 0 Å². The largest absolute Gasteiger partial charge is 0.386 e. The lowest BCUT2D eigenvalue weighted by atomic mass is 9.88. The highest BCUT2D eigenvalue weighted by molar-refractivity contribution is 7.80. The molecule has 4 aliphatic rings. The van der Waals surface area contributed by atoms with Gasteiger partial charge in [-0.15, -0.1) is 34.8 Å². The Kier molecular flexibility index (Phi) is 18.5. The maximum absolute atomic E-state index is 11.2. The van der Waals surface area contributed by atoms with Crippen LogP contribution in [-0.4, -0.2) is 91.4 Å². The molecule has 3 saturated carbocycles. The van der Waals surface area contributed by atoms with Gasteiger partial charge >= 0.3 is 0 Å². The van der Waals surface area contributed by atoms with Gasteiger partial charge in [0.1, 0.15) is 23.1 Å². The van der Waals surface area contributed by atoms with E-state index >= 15 is 0 Å². The van der Waals surface area contributed by atoms with Gasteiger partial charge in [0, 0.05) is 50.8 Å². The van der Waals surface area contributed by atoms with E-state index < -0.39 is 31.4 Å². The maximum Gasteiger partial charge on any atom is 0.215 e. The summed E-state index contributed by atoms with van der Waals surface area (Å²) >= 11 is 48.3. The van der Waals surface area contributed by atoms with Gasteiger partial charge in [0.15, 0.2) is 5.11 Å². The number of H-pyrrole nitrogens is 1. The number of aliphatic hydroxyl groups is 3. The van der Waals surface area contributed by atoms with Gasteiger partial charge in [0.05, 0.1) is 34.4 Å². The van der Waals surface area contributed by atoms with Crippen molar-refractivity contribution < 1.29 is 15.3 Å². The number of alkyl halides is 3. The predicted octanol–water partition coefficient (Wildman–Crippen LogP) is 7.93. The third-order valence-electron chi connectivity index (χ3n) is 11.5. The van der Waals surface area contributed by atoms with Gasteiger partial charge in [-0.25, -0.2) is 10.4 Å². The van der Waals surface area contributed by atoms with Gasteiger partial charge in [-0.1, -0.05) is 96.8 Å². The van der Waals surface area contributed by atoms with E-state index in [1.54, 1.807) is 15.8 Å². The number of halogens is 6. The molecule has 3 aromatic carbocycles. The Balaban J connectivity index is 0.000000200. The zero-order valence-corrected chi connectivity index (χ0v) is 39.0. The van der Waals surface area contributed by atoms with E-state index in [0.717, 1.165) is 55.2 Å². The molecule has 1 aliphatic heterocycles. The first-order chi connectivity index (χ1) is 28.9. The molecule has 1 aromatic heterocycles. The Labute approximate surface area is 402 Å². The SMILES string of the molecule is C.NNCC(O)(Cc1ccccc1Cl)C1(Cl)CC1.O=O.OC(Cc1ccccc1Cl)(CN1NCNC1=S)C1(Cl)CC1.OC(Cc1ccccc1Cl)(Cn1[nH]cnc1=S)C1(Cl)CC1. The third-order valence-corrected chi connectivity index (χ3v) is 15.5. The van der Waals surface area contributed by atoms with Gasteiger partial charge in [-0.05, 0) is 97.9 Å². The summed E-state index contributed by atoms with van der Waals surface area (Å²) in [6.07, 6.45) is 7.43. The van der Waals surface area contributed by atoms with Crippen molar-refractivity contribution in [3.8, 4) is 0 Å². The highest BCUT2D eigenvalue weighted by Crippen LogP contribution is 2.54. The lowest BCUT2D eigenvalue weighted by Gasteiger charge is -2.36. The Morgan fingerprint density at radius 3 is 1.42 bits per heavy atom. The number of hydrogen-bond acceptors (Lipinski definition) is 11. The first-order valence-corrected chi connectivity index (χ1v) is 22.4. The normalized spacial score (nSPS) is 20.0. The number of nitrogens with two attached hydrogens (primary N) is 1. The number of thiocarbonyl (C=S) groups is 1. The molecule has 4 fully saturated rings. The van der Waals surface area contributed by atoms with Crippen molar-refractivity contribution in [3.05, 3.63) is 126 Å². The van der Waals surface area contributed by atoms with Crippen molar-refractivity contribution >= 4 is 99.2 Å². The van der Waals surface area contributed by atoms with E-state index in [0.29, 0.717) is 57.4 Å². The summed E-state index contributed by atoms with van der Waals surface area (Å²) in [6, 6.07) is 22.5. The minimum absolute atomic E-state index is 0. The summed E-state index contributed by atoms with van der Waals surface area (Å²) in [5.74, 6) is 5.33. The predicted molar refractivity (Wildman–Crippen MR) is 257 cm³/mol. The Bertz CT molecular complexity index is 2180. The highest BCUT2D eigenvalue weighted by Gasteiger charge is 2.60. The second-order valence-corrected chi connectivity index (χ2v) is 20.0. The molecule has 9 N–H and O–H groups in total. The van der Waals surface area contributed by atoms with Crippen molar-refractivity contribution in [2.75, 3.05) is 19.8 Å². The number of β-amino-alcohol motifs (C(OH)–C–C–N with tert-alkyl or cyclic N) is 1. The highest BCUT2D eigenvalue weighted by atomic mass is 35.5. The summed E-state index contributed by atoms with van der Waals surface area (Å²) in [5.41, 5.74) is 4.98. The van der Waals surface area contributed by atoms with Gasteiger partial charge in [-0.2, -0.15) is 0 Å². The van der Waals surface area contributed by atoms with Crippen molar-refractivity contribution in [2.45, 2.75) is 103 Å². The molecule has 2 heterocycles. The van der Waals surface area contributed by atoms with Gasteiger partial charge < -0.3 is 20.6 Å². The fourth-order valence-electron chi connectivity index (χ4n) is 7.28. The standard InChI is InChI=1S/C14H17Cl2N3OS.C14H15Cl2N3OS.C12H16Cl2N2O.CH4.O2/c2*15-11-4-2-1-3-10(11)7-14(20,13(16)5-6-13)8-19-12(21)17-9-18-19;13-10-4-2-1-3-9(10)7-12(17,8-16-15)11(14)5-6-11;;1-2/h1-4,18,20H,5-9H2,(H,17,21);1-4,9,20H,5-8H2,(H,17,18,21);1-4,16-17H,5-8,15H2;1H4;. The van der Waals surface area contributed by atoms with E-state index in [1.807, 2.05) is 66.7 Å². The third kappa shape index (κ3) is 12.6. The second-order valence-electron chi connectivity index (χ2n) is 15.8. The molecule has 1 saturated heterocycles. The van der Waals surface area contributed by atoms with Crippen LogP contribution in [0.3, 0.4) is 0 Å². The molecule has 62 heavy (non-hydrogen) atoms. The summed E-state index contributed by atoms with van der Waals surface area (Å²) in [7, 11) is 0. The molecule has 13 nitrogen and oxygen atoms in total. The van der Waals surface area contributed by atoms with Crippen molar-refractivity contribution in [1.82, 2.24) is 35.9 Å². The monoisotopic (exact) mass is 1010 g/mol. The fraction of sp³-hybridized carbons (Fsp3) is 0.488. The summed E-state index contributed by atoms with van der Waals surface area (Å²) < 4.78 is 2.03. The molecule has 0 bridgehead atoms. The number of nitrogens with zero attached hydrogens (tertiary/aromatic N) is 3. The van der Waals surface area contributed by atoms with Crippen LogP contribution < -0.4 is 22.0 Å². The van der Waals surface area contributed by atoms with E-state index in [9.17, 15) is 15.3 Å². The first-order valence-electron chi connectivity index (χ1n) is 19.3. The van der Waals surface area contributed by atoms with Gasteiger partial charge in [0.2, 0.25) is 4.77 Å². The molecular formula is C41H52Cl6N8O5S2. The smallest absolute Gasteiger partial charge is 0.215 e. The van der Waals surface area contributed by atoms with Gasteiger partial charge in [-0.3, -0.25) is 26.1 Å². The van der Waals surface area contributed by atoms with Crippen LogP contribution in [0.25, 0.3) is 0 Å². The molecule has 3 unspecified atom stereocenters. The van der Waals surface area contributed by atoms with E-state index in [4.69, 9.17) is 110 Å². The van der Waals surface area contributed by atoms with Crippen molar-refractivity contribution in [2.24, 2.45) is 5.84 Å². The molecule has 0 radical (unpaired) electrons. The van der Waals surface area contributed by atoms with Crippen LogP contribution in [0, 0.1) is 14.7 Å². The topological polar surface area (TPSA) is 194 Å². The van der Waals surface area contributed by atoms with Crippen LogP contribution >= 0.6 is 94.0 Å². The van der Waals surface area contributed by atoms with E-state index in [2.05, 4.69) is 26.3 Å². The number of benzene rings is 3. The fourth-order valence-corrected chi connectivity index (χ4v) is 8.93. The molecule has 3 aliphatic carbocycles. The molecule has 8 rings (SSSR count). The Hall–Kier alpha value is -2.19. The second kappa shape index (κ2) is 21.9. The molecular weight excluding hydrogens is 961 g/mol. The molecule has 21 heteroatoms. The van der Waals surface area contributed by atoms with Crippen LogP contribution in [0.5, 0.6) is 0 Å². The number of hydrazine groups is 2. The number of hydrogen-bond donors (Lipinski definition) is 8. The zero-order chi connectivity index (χ0) is 44.7. The molecule has 4 aromatic rings. The number of nitrogens with one attached hydrogen (secondary N) is 4. The molecule has 0 amide bonds. The Morgan fingerprint density at radius 1 is 0.694 bits per heavy atom. The lowest BCUT2D eigenvalue weighted by molar-refractivity contribution is 0.00278. The van der Waals surface area contributed by atoms with Gasteiger partial charge in [0.25, 0.3) is 0 Å². The minimum atomic E-state index is -1.13. The minimum Gasteiger partial charge on any atom is -0.386 e. The average Bonchev–Trinajstić information content (AvgIpc) is 4.20. The average molecular weight is 1010 g/mol. The van der Waals surface area contributed by atoms with Crippen molar-refractivity contribution in [3.63, 3.8) is 0 Å². The number of rotatable bonds is 15. The summed E-state index contributed by atoms with van der Waals surface area (Å²) in [5, 5.41) is 43.2. The van der Waals surface area contributed by atoms with Crippen LogP contribution in [0.1, 0.15) is 62.6 Å². The number of aromatic amines is 1. The molecule has 0 spiro atoms. The van der Waals surface area contributed by atoms with E-state index in [-0.39, 0.29) is 20.5 Å². The van der Waals surface area contributed by atoms with E-state index in [1.165, 1.54) is 6.33 Å².